The van der Waals surface area contributed by atoms with E-state index in [-0.39, 0.29) is 17.5 Å². The molecule has 0 radical (unpaired) electrons. The topological polar surface area (TPSA) is 102 Å². The van der Waals surface area contributed by atoms with Crippen molar-refractivity contribution in [2.24, 2.45) is 0 Å². The first-order valence-corrected chi connectivity index (χ1v) is 11.8. The Bertz CT molecular complexity index is 1480. The molecule has 0 spiro atoms. The van der Waals surface area contributed by atoms with Gasteiger partial charge in [-0.05, 0) is 49.2 Å². The number of benzene rings is 1. The summed E-state index contributed by atoms with van der Waals surface area (Å²) in [5.74, 6) is 0.398. The van der Waals surface area contributed by atoms with Gasteiger partial charge in [0, 0.05) is 42.8 Å². The van der Waals surface area contributed by atoms with E-state index >= 15 is 0 Å². The monoisotopic (exact) mass is 480 g/mol. The third-order valence-electron chi connectivity index (χ3n) is 6.74. The van der Waals surface area contributed by atoms with Crippen molar-refractivity contribution in [1.29, 1.82) is 0 Å². The second-order valence-electron chi connectivity index (χ2n) is 9.30. The molecule has 1 aromatic carbocycles. The third-order valence-corrected chi connectivity index (χ3v) is 6.74. The molecule has 2 aliphatic rings. The summed E-state index contributed by atoms with van der Waals surface area (Å²) in [6, 6.07) is 15.6. The van der Waals surface area contributed by atoms with Crippen molar-refractivity contribution in [1.82, 2.24) is 30.0 Å². The molecular weight excluding hydrogens is 456 g/mol. The molecule has 36 heavy (non-hydrogen) atoms. The van der Waals surface area contributed by atoms with Crippen molar-refractivity contribution in [3.63, 3.8) is 0 Å². The smallest absolute Gasteiger partial charge is 0.279 e. The van der Waals surface area contributed by atoms with Gasteiger partial charge in [-0.1, -0.05) is 24.3 Å². The van der Waals surface area contributed by atoms with Crippen LogP contribution in [-0.2, 0) is 11.4 Å². The SMILES string of the molecule is CC1(C)C(=O)NCCN1C(=O)c1nn(-c2ccccn2)c2c1OCc1ccc(-c3cccnc3)cc1-2. The zero-order valence-electron chi connectivity index (χ0n) is 19.9. The number of carbonyl (C=O) groups excluding carboxylic acids is 2. The highest BCUT2D eigenvalue weighted by atomic mass is 16.5. The summed E-state index contributed by atoms with van der Waals surface area (Å²) in [5, 5.41) is 7.55. The van der Waals surface area contributed by atoms with Gasteiger partial charge in [-0.3, -0.25) is 14.6 Å². The highest BCUT2D eigenvalue weighted by molar-refractivity contribution is 6.02. The van der Waals surface area contributed by atoms with Crippen LogP contribution in [-0.4, -0.2) is 55.1 Å². The lowest BCUT2D eigenvalue weighted by molar-refractivity contribution is -0.133. The fourth-order valence-corrected chi connectivity index (χ4v) is 4.73. The summed E-state index contributed by atoms with van der Waals surface area (Å²) in [6.45, 7) is 4.53. The molecule has 2 amide bonds. The Morgan fingerprint density at radius 3 is 2.75 bits per heavy atom. The van der Waals surface area contributed by atoms with Crippen molar-refractivity contribution in [3.8, 4) is 34.0 Å². The van der Waals surface area contributed by atoms with Crippen LogP contribution in [0.2, 0.25) is 0 Å². The van der Waals surface area contributed by atoms with Crippen LogP contribution < -0.4 is 10.1 Å². The van der Waals surface area contributed by atoms with Crippen LogP contribution in [0.15, 0.2) is 67.1 Å². The lowest BCUT2D eigenvalue weighted by Crippen LogP contribution is -2.63. The molecule has 0 bridgehead atoms. The molecule has 0 atom stereocenters. The third kappa shape index (κ3) is 3.43. The summed E-state index contributed by atoms with van der Waals surface area (Å²) in [7, 11) is 0. The first-order chi connectivity index (χ1) is 17.4. The zero-order valence-corrected chi connectivity index (χ0v) is 19.9. The minimum Gasteiger partial charge on any atom is -0.484 e. The largest absolute Gasteiger partial charge is 0.484 e. The number of pyridine rings is 2. The van der Waals surface area contributed by atoms with Crippen molar-refractivity contribution < 1.29 is 14.3 Å². The average Bonchev–Trinajstić information content (AvgIpc) is 3.31. The standard InChI is InChI=1S/C27H24N6O3/c1-27(2)26(35)30-12-13-32(27)25(34)22-24-23(33(31-22)21-7-3-4-11-29-21)20-14-17(8-9-19(20)16-36-24)18-6-5-10-28-15-18/h3-11,14-15H,12-13,16H2,1-2H3,(H,30,35). The highest BCUT2D eigenvalue weighted by Crippen LogP contribution is 2.43. The second-order valence-corrected chi connectivity index (χ2v) is 9.30. The van der Waals surface area contributed by atoms with Gasteiger partial charge in [0.2, 0.25) is 5.91 Å². The van der Waals surface area contributed by atoms with Gasteiger partial charge in [0.1, 0.15) is 17.8 Å². The van der Waals surface area contributed by atoms with Gasteiger partial charge >= 0.3 is 0 Å². The Morgan fingerprint density at radius 2 is 1.97 bits per heavy atom. The van der Waals surface area contributed by atoms with Gasteiger partial charge in [0.05, 0.1) is 0 Å². The molecule has 0 aliphatic carbocycles. The number of amides is 2. The number of ether oxygens (including phenoxy) is 1. The molecular formula is C27H24N6O3. The number of rotatable bonds is 3. The van der Waals surface area contributed by atoms with Crippen LogP contribution in [0.25, 0.3) is 28.2 Å². The second kappa shape index (κ2) is 8.30. The summed E-state index contributed by atoms with van der Waals surface area (Å²) in [5.41, 5.74) is 3.66. The van der Waals surface area contributed by atoms with E-state index in [0.717, 1.165) is 22.3 Å². The van der Waals surface area contributed by atoms with Gasteiger partial charge in [-0.15, -0.1) is 0 Å². The highest BCUT2D eigenvalue weighted by Gasteiger charge is 2.43. The first kappa shape index (κ1) is 22.0. The Labute approximate surface area is 207 Å². The van der Waals surface area contributed by atoms with E-state index < -0.39 is 5.54 Å². The molecule has 3 aromatic heterocycles. The number of hydrogen-bond donors (Lipinski definition) is 1. The minimum atomic E-state index is -1.02. The number of aromatic nitrogens is 4. The van der Waals surface area contributed by atoms with E-state index in [4.69, 9.17) is 9.84 Å². The fraction of sp³-hybridized carbons (Fsp3) is 0.222. The molecule has 6 rings (SSSR count). The summed E-state index contributed by atoms with van der Waals surface area (Å²) in [4.78, 5) is 36.7. The molecule has 1 fully saturated rings. The minimum absolute atomic E-state index is 0.163. The van der Waals surface area contributed by atoms with Gasteiger partial charge < -0.3 is 15.0 Å². The van der Waals surface area contributed by atoms with Crippen molar-refractivity contribution in [3.05, 3.63) is 78.4 Å². The maximum atomic E-state index is 13.8. The predicted molar refractivity (Wildman–Crippen MR) is 132 cm³/mol. The Balaban J connectivity index is 1.54. The van der Waals surface area contributed by atoms with Gasteiger partial charge in [-0.25, -0.2) is 9.67 Å². The van der Waals surface area contributed by atoms with Crippen molar-refractivity contribution >= 4 is 11.8 Å². The van der Waals surface area contributed by atoms with Crippen LogP contribution in [0.1, 0.15) is 29.9 Å². The van der Waals surface area contributed by atoms with E-state index in [9.17, 15) is 9.59 Å². The van der Waals surface area contributed by atoms with Crippen LogP contribution in [0.4, 0.5) is 0 Å². The molecule has 4 aromatic rings. The van der Waals surface area contributed by atoms with E-state index in [1.807, 2.05) is 48.7 Å². The fourth-order valence-electron chi connectivity index (χ4n) is 4.73. The Morgan fingerprint density at radius 1 is 1.08 bits per heavy atom. The number of piperazine rings is 1. The van der Waals surface area contributed by atoms with Crippen LogP contribution in [0, 0.1) is 0 Å². The van der Waals surface area contributed by atoms with E-state index in [1.54, 1.807) is 35.8 Å². The van der Waals surface area contributed by atoms with Gasteiger partial charge in [-0.2, -0.15) is 5.10 Å². The summed E-state index contributed by atoms with van der Waals surface area (Å²) < 4.78 is 7.82. The number of nitrogens with one attached hydrogen (secondary N) is 1. The van der Waals surface area contributed by atoms with Crippen molar-refractivity contribution in [2.75, 3.05) is 13.1 Å². The van der Waals surface area contributed by atoms with E-state index in [2.05, 4.69) is 21.4 Å². The predicted octanol–water partition coefficient (Wildman–Crippen LogP) is 3.24. The van der Waals surface area contributed by atoms with Crippen LogP contribution in [0.5, 0.6) is 5.75 Å². The number of nitrogens with zero attached hydrogens (tertiary/aromatic N) is 5. The molecule has 9 nitrogen and oxygen atoms in total. The summed E-state index contributed by atoms with van der Waals surface area (Å²) in [6.07, 6.45) is 5.24. The van der Waals surface area contributed by atoms with Gasteiger partial charge in [0.25, 0.3) is 5.91 Å². The lowest BCUT2D eigenvalue weighted by atomic mass is 9.95. The lowest BCUT2D eigenvalue weighted by Gasteiger charge is -2.40. The van der Waals surface area contributed by atoms with Gasteiger partial charge in [0.15, 0.2) is 17.3 Å². The number of carbonyl (C=O) groups is 2. The normalized spacial score (nSPS) is 15.9. The Kier molecular flexibility index (Phi) is 5.06. The molecule has 0 unspecified atom stereocenters. The molecule has 1 N–H and O–H groups in total. The molecule has 9 heteroatoms. The molecule has 2 aliphatic heterocycles. The molecule has 180 valence electrons. The Hall–Kier alpha value is -4.53. The molecule has 0 saturated carbocycles. The number of fused-ring (bicyclic) bond motifs is 3. The molecule has 1 saturated heterocycles. The first-order valence-electron chi connectivity index (χ1n) is 11.8. The van der Waals surface area contributed by atoms with E-state index in [1.165, 1.54) is 0 Å². The van der Waals surface area contributed by atoms with E-state index in [0.29, 0.717) is 37.0 Å². The van der Waals surface area contributed by atoms with Crippen molar-refractivity contribution in [2.45, 2.75) is 26.0 Å². The maximum Gasteiger partial charge on any atom is 0.279 e. The quantitative estimate of drug-likeness (QED) is 0.483. The maximum absolute atomic E-state index is 13.8. The van der Waals surface area contributed by atoms with Crippen LogP contribution in [0.3, 0.4) is 0 Å². The average molecular weight is 481 g/mol. The summed E-state index contributed by atoms with van der Waals surface area (Å²) >= 11 is 0. The van der Waals surface area contributed by atoms with Crippen LogP contribution >= 0.6 is 0 Å². The molecule has 5 heterocycles. The zero-order chi connectivity index (χ0) is 24.9. The number of hydrogen-bond acceptors (Lipinski definition) is 6.